The lowest BCUT2D eigenvalue weighted by molar-refractivity contribution is 0.771. The van der Waals surface area contributed by atoms with Gasteiger partial charge in [-0.2, -0.15) is 0 Å². The minimum Gasteiger partial charge on any atom is -0.0622 e. The van der Waals surface area contributed by atoms with Crippen molar-refractivity contribution in [1.82, 2.24) is 0 Å². The molecule has 12 rings (SSSR count). The Morgan fingerprint density at radius 2 is 0.855 bits per heavy atom. The minimum absolute atomic E-state index is 0.594. The van der Waals surface area contributed by atoms with Gasteiger partial charge in [0.05, 0.1) is 5.41 Å². The zero-order valence-corrected chi connectivity index (χ0v) is 30.1. The Bertz CT molecular complexity index is 3240. The molecule has 0 nitrogen and oxygen atoms in total. The van der Waals surface area contributed by atoms with E-state index in [1.54, 1.807) is 0 Å². The quantitative estimate of drug-likeness (QED) is 0.161. The van der Waals surface area contributed by atoms with E-state index < -0.39 is 5.41 Å². The van der Waals surface area contributed by atoms with Crippen LogP contribution in [0.4, 0.5) is 0 Å². The fourth-order valence-electron chi connectivity index (χ4n) is 10.2. The number of benzene rings is 11. The Balaban J connectivity index is 1.25. The summed E-state index contributed by atoms with van der Waals surface area (Å²) in [5.41, 5.74) is 12.3. The van der Waals surface area contributed by atoms with Crippen molar-refractivity contribution < 1.29 is 0 Å². The fourth-order valence-corrected chi connectivity index (χ4v) is 10.2. The van der Waals surface area contributed by atoms with Crippen LogP contribution in [0.2, 0.25) is 0 Å². The molecule has 11 aromatic rings. The molecule has 0 unspecified atom stereocenters. The first kappa shape index (κ1) is 30.4. The van der Waals surface area contributed by atoms with Crippen LogP contribution in [0.25, 0.3) is 87.2 Å². The van der Waals surface area contributed by atoms with Crippen molar-refractivity contribution >= 4 is 53.9 Å². The first-order chi connectivity index (χ1) is 27.3. The Kier molecular flexibility index (Phi) is 6.36. The molecule has 0 atom stereocenters. The molecule has 0 spiro atoms. The maximum absolute atomic E-state index is 2.53. The summed E-state index contributed by atoms with van der Waals surface area (Å²) >= 11 is 0. The number of fused-ring (bicyclic) bond motifs is 6. The zero-order valence-electron chi connectivity index (χ0n) is 30.1. The largest absolute Gasteiger partial charge is 0.0720 e. The lowest BCUT2D eigenvalue weighted by atomic mass is 9.65. The van der Waals surface area contributed by atoms with Crippen molar-refractivity contribution in [2.45, 2.75) is 5.41 Å². The maximum atomic E-state index is 2.53. The van der Waals surface area contributed by atoms with E-state index in [1.807, 2.05) is 0 Å². The van der Waals surface area contributed by atoms with Crippen LogP contribution < -0.4 is 0 Å². The summed E-state index contributed by atoms with van der Waals surface area (Å²) in [6.45, 7) is 0. The minimum atomic E-state index is -0.594. The van der Waals surface area contributed by atoms with E-state index >= 15 is 0 Å². The SMILES string of the molecule is c1ccc(C2(c3ccccc3)c3cc(-c4ccc5ccc6cccc7ccc4c5c67)ccc3-c3c2c(-c2cccc4ccccc24)cc2ccccc32)cc1. The molecule has 0 amide bonds. The Morgan fingerprint density at radius 3 is 1.62 bits per heavy atom. The molecule has 0 aliphatic heterocycles. The highest BCUT2D eigenvalue weighted by atomic mass is 14.5. The fraction of sp³-hybridized carbons (Fsp3) is 0.0182. The highest BCUT2D eigenvalue weighted by molar-refractivity contribution is 6.25. The van der Waals surface area contributed by atoms with Gasteiger partial charge in [-0.3, -0.25) is 0 Å². The van der Waals surface area contributed by atoms with Gasteiger partial charge in [-0.05, 0) is 122 Å². The van der Waals surface area contributed by atoms with Gasteiger partial charge in [-0.1, -0.05) is 194 Å². The van der Waals surface area contributed by atoms with Gasteiger partial charge in [0, 0.05) is 0 Å². The molecule has 0 bridgehead atoms. The molecule has 0 heteroatoms. The van der Waals surface area contributed by atoms with Crippen LogP contribution in [0.5, 0.6) is 0 Å². The lowest BCUT2D eigenvalue weighted by Crippen LogP contribution is -2.29. The Hall–Kier alpha value is -7.02. The lowest BCUT2D eigenvalue weighted by Gasteiger charge is -2.36. The van der Waals surface area contributed by atoms with Crippen molar-refractivity contribution in [3.8, 4) is 33.4 Å². The molecule has 0 N–H and O–H groups in total. The third kappa shape index (κ3) is 4.17. The van der Waals surface area contributed by atoms with Gasteiger partial charge in [0.2, 0.25) is 0 Å². The summed E-state index contributed by atoms with van der Waals surface area (Å²) in [5.74, 6) is 0. The van der Waals surface area contributed by atoms with Crippen LogP contribution in [0, 0.1) is 0 Å². The maximum Gasteiger partial charge on any atom is 0.0720 e. The van der Waals surface area contributed by atoms with E-state index in [2.05, 4.69) is 206 Å². The summed E-state index contributed by atoms with van der Waals surface area (Å²) < 4.78 is 0. The van der Waals surface area contributed by atoms with Gasteiger partial charge in [-0.25, -0.2) is 0 Å². The second kappa shape index (κ2) is 11.5. The van der Waals surface area contributed by atoms with Crippen LogP contribution >= 0.6 is 0 Å². The summed E-state index contributed by atoms with van der Waals surface area (Å²) in [4.78, 5) is 0. The average molecular weight is 695 g/mol. The highest BCUT2D eigenvalue weighted by Gasteiger charge is 2.48. The number of hydrogen-bond donors (Lipinski definition) is 0. The Labute approximate surface area is 319 Å². The summed E-state index contributed by atoms with van der Waals surface area (Å²) in [6, 6.07) is 77.4. The average Bonchev–Trinajstić information content (AvgIpc) is 3.57. The van der Waals surface area contributed by atoms with E-state index in [9.17, 15) is 0 Å². The van der Waals surface area contributed by atoms with Gasteiger partial charge in [0.25, 0.3) is 0 Å². The van der Waals surface area contributed by atoms with Crippen molar-refractivity contribution in [2.75, 3.05) is 0 Å². The molecule has 254 valence electrons. The van der Waals surface area contributed by atoms with Crippen molar-refractivity contribution in [2.24, 2.45) is 0 Å². The molecule has 0 heterocycles. The van der Waals surface area contributed by atoms with Gasteiger partial charge in [0.1, 0.15) is 0 Å². The number of hydrogen-bond acceptors (Lipinski definition) is 0. The molecule has 0 radical (unpaired) electrons. The van der Waals surface area contributed by atoms with Crippen LogP contribution in [0.1, 0.15) is 22.3 Å². The molecule has 0 fully saturated rings. The first-order valence-electron chi connectivity index (χ1n) is 19.3. The third-order valence-electron chi connectivity index (χ3n) is 12.5. The van der Waals surface area contributed by atoms with Crippen molar-refractivity contribution in [1.29, 1.82) is 0 Å². The molecule has 11 aromatic carbocycles. The normalized spacial score (nSPS) is 13.2. The number of rotatable bonds is 4. The van der Waals surface area contributed by atoms with Crippen LogP contribution in [-0.2, 0) is 5.41 Å². The summed E-state index contributed by atoms with van der Waals surface area (Å²) in [5, 5.41) is 12.9. The summed E-state index contributed by atoms with van der Waals surface area (Å²) in [7, 11) is 0. The molecular weight excluding hydrogens is 661 g/mol. The molecule has 1 aliphatic carbocycles. The molecule has 0 aromatic heterocycles. The van der Waals surface area contributed by atoms with E-state index in [0.717, 1.165) is 0 Å². The second-order valence-electron chi connectivity index (χ2n) is 15.1. The van der Waals surface area contributed by atoms with E-state index in [4.69, 9.17) is 0 Å². The Morgan fingerprint density at radius 1 is 0.291 bits per heavy atom. The topological polar surface area (TPSA) is 0 Å². The predicted molar refractivity (Wildman–Crippen MR) is 233 cm³/mol. The van der Waals surface area contributed by atoms with Gasteiger partial charge in [-0.15, -0.1) is 0 Å². The molecule has 0 saturated carbocycles. The highest BCUT2D eigenvalue weighted by Crippen LogP contribution is 2.61. The van der Waals surface area contributed by atoms with Crippen LogP contribution in [0.3, 0.4) is 0 Å². The van der Waals surface area contributed by atoms with Crippen LogP contribution in [-0.4, -0.2) is 0 Å². The predicted octanol–water partition coefficient (Wildman–Crippen LogP) is 14.6. The van der Waals surface area contributed by atoms with E-state index in [1.165, 1.54) is 109 Å². The smallest absolute Gasteiger partial charge is 0.0622 e. The standard InChI is InChI=1S/C55H34/c1-3-18-41(19-4-1)55(42-20-5-2-6-21-42)50-34-40(44-30-27-38-26-25-36-16-11-17-37-28-31-47(44)52(38)51(36)37)29-32-48(50)53-45-23-10-8-14-39(45)33-49(54(53)55)46-24-12-15-35-13-7-9-22-43(35)46/h1-34H. The van der Waals surface area contributed by atoms with E-state index in [0.29, 0.717) is 0 Å². The van der Waals surface area contributed by atoms with Crippen molar-refractivity contribution in [3.05, 3.63) is 229 Å². The third-order valence-corrected chi connectivity index (χ3v) is 12.5. The molecule has 1 aliphatic rings. The van der Waals surface area contributed by atoms with Gasteiger partial charge >= 0.3 is 0 Å². The zero-order chi connectivity index (χ0) is 36.1. The first-order valence-corrected chi connectivity index (χ1v) is 19.3. The van der Waals surface area contributed by atoms with Gasteiger partial charge < -0.3 is 0 Å². The molecule has 0 saturated heterocycles. The van der Waals surface area contributed by atoms with Gasteiger partial charge in [0.15, 0.2) is 0 Å². The summed E-state index contributed by atoms with van der Waals surface area (Å²) in [6.07, 6.45) is 0. The van der Waals surface area contributed by atoms with E-state index in [-0.39, 0.29) is 0 Å². The van der Waals surface area contributed by atoms with Crippen LogP contribution in [0.15, 0.2) is 206 Å². The van der Waals surface area contributed by atoms with Crippen molar-refractivity contribution in [3.63, 3.8) is 0 Å². The molecular formula is C55H34. The monoisotopic (exact) mass is 694 g/mol. The second-order valence-corrected chi connectivity index (χ2v) is 15.1. The molecule has 55 heavy (non-hydrogen) atoms.